The summed E-state index contributed by atoms with van der Waals surface area (Å²) in [6.07, 6.45) is -5.93. The first kappa shape index (κ1) is 10.2. The molecule has 0 aromatic rings. The van der Waals surface area contributed by atoms with E-state index in [0.29, 0.717) is 0 Å². The minimum Gasteiger partial charge on any atom is -0.394 e. The average molecular weight is 167 g/mol. The predicted octanol–water partition coefficient (Wildman–Crippen LogP) is -2.70. The van der Waals surface area contributed by atoms with Crippen LogP contribution in [0.5, 0.6) is 0 Å². The summed E-state index contributed by atoms with van der Waals surface area (Å²) in [4.78, 5) is 8.60. The first-order valence-corrected chi connectivity index (χ1v) is 2.79. The lowest BCUT2D eigenvalue weighted by Gasteiger charge is -2.14. The van der Waals surface area contributed by atoms with E-state index in [-0.39, 0.29) is 0 Å². The normalized spacial score (nSPS) is 18.9. The smallest absolute Gasteiger partial charge is 0.341 e. The van der Waals surface area contributed by atoms with Crippen molar-refractivity contribution in [3.8, 4) is 0 Å². The van der Waals surface area contributed by atoms with Crippen LogP contribution < -0.4 is 0 Å². The third-order valence-electron chi connectivity index (χ3n) is 1.10. The van der Waals surface area contributed by atoms with Gasteiger partial charge in [0.1, 0.15) is 6.10 Å². The van der Waals surface area contributed by atoms with Crippen LogP contribution in [0, 0.1) is 10.1 Å². The Morgan fingerprint density at radius 3 is 2.09 bits per heavy atom. The van der Waals surface area contributed by atoms with Crippen molar-refractivity contribution >= 4 is 0 Å². The fourth-order valence-corrected chi connectivity index (χ4v) is 0.431. The Bertz CT molecular complexity index is 139. The van der Waals surface area contributed by atoms with Crippen LogP contribution in [0.4, 0.5) is 0 Å². The minimum absolute atomic E-state index is 0.841. The monoisotopic (exact) mass is 167 g/mol. The Labute approximate surface area is 61.7 Å². The molecule has 7 heteroatoms. The molecule has 0 radical (unpaired) electrons. The molecule has 7 nitrogen and oxygen atoms in total. The van der Waals surface area contributed by atoms with E-state index in [1.165, 1.54) is 0 Å². The van der Waals surface area contributed by atoms with Crippen molar-refractivity contribution in [2.45, 2.75) is 18.4 Å². The Morgan fingerprint density at radius 1 is 1.36 bits per heavy atom. The number of rotatable bonds is 4. The molecule has 0 saturated carbocycles. The number of aliphatic hydroxyl groups excluding tert-OH is 4. The molecule has 0 aliphatic heterocycles. The SMILES string of the molecule is O=[N+]([O-])C(O)[C@H](O)[C@H](O)CO. The first-order valence-electron chi connectivity index (χ1n) is 2.79. The highest BCUT2D eigenvalue weighted by Crippen LogP contribution is 1.99. The molecule has 0 aliphatic rings. The van der Waals surface area contributed by atoms with Crippen LogP contribution in [-0.4, -0.2) is 50.4 Å². The molecule has 0 aromatic heterocycles. The highest BCUT2D eigenvalue weighted by atomic mass is 16.7. The van der Waals surface area contributed by atoms with Crippen molar-refractivity contribution in [3.05, 3.63) is 10.1 Å². The summed E-state index contributed by atoms with van der Waals surface area (Å²) in [6, 6.07) is 0. The molecule has 11 heavy (non-hydrogen) atoms. The van der Waals surface area contributed by atoms with Crippen molar-refractivity contribution in [2.75, 3.05) is 6.61 Å². The van der Waals surface area contributed by atoms with E-state index < -0.39 is 30.0 Å². The van der Waals surface area contributed by atoms with E-state index in [4.69, 9.17) is 20.4 Å². The summed E-state index contributed by atoms with van der Waals surface area (Å²) < 4.78 is 0. The summed E-state index contributed by atoms with van der Waals surface area (Å²) in [7, 11) is 0. The third kappa shape index (κ3) is 2.76. The van der Waals surface area contributed by atoms with E-state index >= 15 is 0 Å². The summed E-state index contributed by atoms with van der Waals surface area (Å²) in [5.41, 5.74) is 0. The second-order valence-electron chi connectivity index (χ2n) is 1.94. The fraction of sp³-hybridized carbons (Fsp3) is 1.00. The maximum atomic E-state index is 9.76. The van der Waals surface area contributed by atoms with Gasteiger partial charge in [0.2, 0.25) is 0 Å². The molecule has 0 aliphatic carbocycles. The molecule has 66 valence electrons. The van der Waals surface area contributed by atoms with E-state index in [0.717, 1.165) is 0 Å². The second kappa shape index (κ2) is 4.19. The van der Waals surface area contributed by atoms with Gasteiger partial charge in [-0.3, -0.25) is 10.1 Å². The topological polar surface area (TPSA) is 124 Å². The van der Waals surface area contributed by atoms with Crippen LogP contribution in [0.15, 0.2) is 0 Å². The van der Waals surface area contributed by atoms with Crippen molar-refractivity contribution in [3.63, 3.8) is 0 Å². The van der Waals surface area contributed by atoms with E-state index in [1.807, 2.05) is 0 Å². The van der Waals surface area contributed by atoms with Crippen molar-refractivity contribution in [2.24, 2.45) is 0 Å². The lowest BCUT2D eigenvalue weighted by atomic mass is 10.2. The van der Waals surface area contributed by atoms with E-state index in [1.54, 1.807) is 0 Å². The molecule has 0 bridgehead atoms. The molecular formula is C4H9NO6. The van der Waals surface area contributed by atoms with Crippen molar-refractivity contribution < 1.29 is 25.3 Å². The average Bonchev–Trinajstić information content (AvgIpc) is 2.00. The van der Waals surface area contributed by atoms with Gasteiger partial charge in [-0.25, -0.2) is 0 Å². The van der Waals surface area contributed by atoms with Crippen LogP contribution in [0.3, 0.4) is 0 Å². The summed E-state index contributed by atoms with van der Waals surface area (Å²) in [5.74, 6) is 0. The highest BCUT2D eigenvalue weighted by molar-refractivity contribution is 4.67. The minimum atomic E-state index is -2.27. The Morgan fingerprint density at radius 2 is 1.82 bits per heavy atom. The zero-order chi connectivity index (χ0) is 9.02. The molecule has 0 amide bonds. The lowest BCUT2D eigenvalue weighted by molar-refractivity contribution is -0.585. The molecule has 3 atom stereocenters. The van der Waals surface area contributed by atoms with Gasteiger partial charge in [-0.15, -0.1) is 0 Å². The zero-order valence-corrected chi connectivity index (χ0v) is 5.49. The third-order valence-corrected chi connectivity index (χ3v) is 1.10. The fourth-order valence-electron chi connectivity index (χ4n) is 0.431. The van der Waals surface area contributed by atoms with Crippen molar-refractivity contribution in [1.29, 1.82) is 0 Å². The number of nitro groups is 1. The molecule has 0 saturated heterocycles. The standard InChI is InChI=1S/C4H9NO6/c6-1-2(7)3(8)4(9)5(10)11/h2-4,6-9H,1H2/t2-,3-,4?/m1/s1. The first-order chi connectivity index (χ1) is 5.00. The summed E-state index contributed by atoms with van der Waals surface area (Å²) in [6.45, 7) is -0.841. The quantitative estimate of drug-likeness (QED) is 0.205. The predicted molar refractivity (Wildman–Crippen MR) is 32.1 cm³/mol. The van der Waals surface area contributed by atoms with Crippen LogP contribution in [0.2, 0.25) is 0 Å². The van der Waals surface area contributed by atoms with Gasteiger partial charge in [-0.05, 0) is 0 Å². The van der Waals surface area contributed by atoms with Gasteiger partial charge in [0, 0.05) is 0 Å². The zero-order valence-electron chi connectivity index (χ0n) is 5.49. The van der Waals surface area contributed by atoms with Crippen LogP contribution in [0.1, 0.15) is 0 Å². The number of hydrogen-bond donors (Lipinski definition) is 4. The van der Waals surface area contributed by atoms with Gasteiger partial charge in [0.05, 0.1) is 11.5 Å². The molecule has 0 rings (SSSR count). The molecule has 0 fully saturated rings. The van der Waals surface area contributed by atoms with Gasteiger partial charge in [-0.1, -0.05) is 0 Å². The van der Waals surface area contributed by atoms with Crippen LogP contribution >= 0.6 is 0 Å². The molecule has 0 heterocycles. The van der Waals surface area contributed by atoms with E-state index in [2.05, 4.69) is 0 Å². The van der Waals surface area contributed by atoms with Gasteiger partial charge >= 0.3 is 6.23 Å². The van der Waals surface area contributed by atoms with Gasteiger partial charge in [0.15, 0.2) is 6.10 Å². The van der Waals surface area contributed by atoms with Crippen LogP contribution in [-0.2, 0) is 0 Å². The molecule has 4 N–H and O–H groups in total. The maximum absolute atomic E-state index is 9.76. The molecule has 0 aromatic carbocycles. The Hall–Kier alpha value is -0.760. The van der Waals surface area contributed by atoms with Gasteiger partial charge < -0.3 is 20.4 Å². The summed E-state index contributed by atoms with van der Waals surface area (Å²) in [5, 5.41) is 43.7. The van der Waals surface area contributed by atoms with Gasteiger partial charge in [-0.2, -0.15) is 0 Å². The van der Waals surface area contributed by atoms with Crippen molar-refractivity contribution in [1.82, 2.24) is 0 Å². The Kier molecular flexibility index (Phi) is 3.90. The highest BCUT2D eigenvalue weighted by Gasteiger charge is 2.32. The second-order valence-corrected chi connectivity index (χ2v) is 1.94. The summed E-state index contributed by atoms with van der Waals surface area (Å²) >= 11 is 0. The van der Waals surface area contributed by atoms with E-state index in [9.17, 15) is 10.1 Å². The molecule has 0 spiro atoms. The number of aliphatic hydroxyl groups is 4. The van der Waals surface area contributed by atoms with Crippen LogP contribution in [0.25, 0.3) is 0 Å². The number of nitrogens with zero attached hydrogens (tertiary/aromatic N) is 1. The lowest BCUT2D eigenvalue weighted by Crippen LogP contribution is -2.43. The van der Waals surface area contributed by atoms with Gasteiger partial charge in [0.25, 0.3) is 0 Å². The number of hydrogen-bond acceptors (Lipinski definition) is 6. The maximum Gasteiger partial charge on any atom is 0.341 e. The Balaban J connectivity index is 4.00. The molecule has 1 unspecified atom stereocenters. The largest absolute Gasteiger partial charge is 0.394 e. The molecular weight excluding hydrogens is 158 g/mol.